The van der Waals surface area contributed by atoms with E-state index in [1.54, 1.807) is 12.1 Å². The van der Waals surface area contributed by atoms with Gasteiger partial charge in [0.2, 0.25) is 0 Å². The van der Waals surface area contributed by atoms with Crippen molar-refractivity contribution in [2.75, 3.05) is 18.4 Å². The van der Waals surface area contributed by atoms with E-state index in [9.17, 15) is 4.79 Å². The SMILES string of the molecule is Cc1cc(C(=O)O)ccc1NC1CCNC1. The van der Waals surface area contributed by atoms with Crippen LogP contribution in [0.4, 0.5) is 5.69 Å². The quantitative estimate of drug-likeness (QED) is 0.722. The number of benzene rings is 1. The second-order valence-corrected chi connectivity index (χ2v) is 4.17. The summed E-state index contributed by atoms with van der Waals surface area (Å²) in [7, 11) is 0. The zero-order valence-electron chi connectivity index (χ0n) is 9.29. The number of aromatic carboxylic acids is 1. The number of hydrogen-bond donors (Lipinski definition) is 3. The molecule has 1 aromatic rings. The summed E-state index contributed by atoms with van der Waals surface area (Å²) in [5.74, 6) is -0.878. The molecule has 0 bridgehead atoms. The summed E-state index contributed by atoms with van der Waals surface area (Å²) < 4.78 is 0. The average Bonchev–Trinajstić information content (AvgIpc) is 2.73. The first-order valence-corrected chi connectivity index (χ1v) is 5.48. The normalized spacial score (nSPS) is 19.7. The van der Waals surface area contributed by atoms with Gasteiger partial charge >= 0.3 is 5.97 Å². The Morgan fingerprint density at radius 1 is 1.56 bits per heavy atom. The predicted molar refractivity (Wildman–Crippen MR) is 63.0 cm³/mol. The fourth-order valence-electron chi connectivity index (χ4n) is 1.96. The van der Waals surface area contributed by atoms with Crippen molar-refractivity contribution < 1.29 is 9.90 Å². The number of carboxylic acids is 1. The van der Waals surface area contributed by atoms with E-state index in [0.29, 0.717) is 11.6 Å². The van der Waals surface area contributed by atoms with Crippen molar-refractivity contribution in [1.29, 1.82) is 0 Å². The van der Waals surface area contributed by atoms with Crippen LogP contribution >= 0.6 is 0 Å². The zero-order valence-corrected chi connectivity index (χ0v) is 9.29. The van der Waals surface area contributed by atoms with Crippen LogP contribution in [0.25, 0.3) is 0 Å². The summed E-state index contributed by atoms with van der Waals surface area (Å²) in [5.41, 5.74) is 2.35. The fourth-order valence-corrected chi connectivity index (χ4v) is 1.96. The Hall–Kier alpha value is -1.55. The molecular weight excluding hydrogens is 204 g/mol. The first kappa shape index (κ1) is 11.0. The van der Waals surface area contributed by atoms with E-state index in [4.69, 9.17) is 5.11 Å². The molecule has 0 amide bonds. The Kier molecular flexibility index (Phi) is 3.10. The molecule has 4 nitrogen and oxygen atoms in total. The van der Waals surface area contributed by atoms with E-state index in [1.807, 2.05) is 13.0 Å². The number of aryl methyl sites for hydroxylation is 1. The molecule has 1 aromatic carbocycles. The Balaban J connectivity index is 2.12. The third-order valence-corrected chi connectivity index (χ3v) is 2.89. The van der Waals surface area contributed by atoms with Gasteiger partial charge in [0.25, 0.3) is 0 Å². The number of rotatable bonds is 3. The van der Waals surface area contributed by atoms with Gasteiger partial charge in [-0.05, 0) is 43.7 Å². The average molecular weight is 220 g/mol. The minimum Gasteiger partial charge on any atom is -0.478 e. The van der Waals surface area contributed by atoms with Crippen molar-refractivity contribution >= 4 is 11.7 Å². The highest BCUT2D eigenvalue weighted by atomic mass is 16.4. The van der Waals surface area contributed by atoms with Crippen LogP contribution in [0.5, 0.6) is 0 Å². The third-order valence-electron chi connectivity index (χ3n) is 2.89. The van der Waals surface area contributed by atoms with Gasteiger partial charge in [0.1, 0.15) is 0 Å². The van der Waals surface area contributed by atoms with Crippen LogP contribution in [0, 0.1) is 6.92 Å². The summed E-state index contributed by atoms with van der Waals surface area (Å²) in [4.78, 5) is 10.8. The van der Waals surface area contributed by atoms with Gasteiger partial charge in [0.15, 0.2) is 0 Å². The predicted octanol–water partition coefficient (Wildman–Crippen LogP) is 1.47. The molecule has 2 rings (SSSR count). The maximum atomic E-state index is 10.8. The van der Waals surface area contributed by atoms with Gasteiger partial charge in [-0.1, -0.05) is 0 Å². The van der Waals surface area contributed by atoms with E-state index >= 15 is 0 Å². The number of nitrogens with one attached hydrogen (secondary N) is 2. The summed E-state index contributed by atoms with van der Waals surface area (Å²) in [6.07, 6.45) is 1.11. The Bertz CT molecular complexity index is 398. The van der Waals surface area contributed by atoms with Gasteiger partial charge in [0.05, 0.1) is 5.56 Å². The van der Waals surface area contributed by atoms with Gasteiger partial charge < -0.3 is 15.7 Å². The lowest BCUT2D eigenvalue weighted by molar-refractivity contribution is 0.0697. The summed E-state index contributed by atoms with van der Waals surface area (Å²) >= 11 is 0. The molecule has 1 heterocycles. The molecule has 0 aliphatic carbocycles. The molecular formula is C12H16N2O2. The van der Waals surface area contributed by atoms with Crippen molar-refractivity contribution in [1.82, 2.24) is 5.32 Å². The second-order valence-electron chi connectivity index (χ2n) is 4.17. The lowest BCUT2D eigenvalue weighted by atomic mass is 10.1. The number of anilines is 1. The smallest absolute Gasteiger partial charge is 0.335 e. The highest BCUT2D eigenvalue weighted by Crippen LogP contribution is 2.18. The molecule has 1 atom stereocenters. The van der Waals surface area contributed by atoms with E-state index < -0.39 is 5.97 Å². The standard InChI is InChI=1S/C12H16N2O2/c1-8-6-9(12(15)16)2-3-11(8)14-10-4-5-13-7-10/h2-3,6,10,13-14H,4-5,7H2,1H3,(H,15,16). The molecule has 86 valence electrons. The van der Waals surface area contributed by atoms with Crippen molar-refractivity contribution in [2.24, 2.45) is 0 Å². The van der Waals surface area contributed by atoms with Crippen LogP contribution in [-0.4, -0.2) is 30.2 Å². The Morgan fingerprint density at radius 3 is 2.94 bits per heavy atom. The fraction of sp³-hybridized carbons (Fsp3) is 0.417. The minimum atomic E-state index is -0.878. The number of carbonyl (C=O) groups is 1. The van der Waals surface area contributed by atoms with Crippen LogP contribution < -0.4 is 10.6 Å². The van der Waals surface area contributed by atoms with E-state index in [-0.39, 0.29) is 0 Å². The van der Waals surface area contributed by atoms with Crippen molar-refractivity contribution in [3.8, 4) is 0 Å². The number of hydrogen-bond acceptors (Lipinski definition) is 3. The van der Waals surface area contributed by atoms with Crippen molar-refractivity contribution in [2.45, 2.75) is 19.4 Å². The molecule has 1 unspecified atom stereocenters. The molecule has 1 saturated heterocycles. The number of carboxylic acid groups (broad SMARTS) is 1. The van der Waals surface area contributed by atoms with Crippen molar-refractivity contribution in [3.63, 3.8) is 0 Å². The minimum absolute atomic E-state index is 0.340. The van der Waals surface area contributed by atoms with E-state index in [1.165, 1.54) is 0 Å². The molecule has 0 aromatic heterocycles. The molecule has 1 fully saturated rings. The topological polar surface area (TPSA) is 61.4 Å². The summed E-state index contributed by atoms with van der Waals surface area (Å²) in [6, 6.07) is 5.64. The van der Waals surface area contributed by atoms with Gasteiger partial charge in [-0.15, -0.1) is 0 Å². The highest BCUT2D eigenvalue weighted by molar-refractivity contribution is 5.88. The first-order valence-electron chi connectivity index (χ1n) is 5.48. The monoisotopic (exact) mass is 220 g/mol. The molecule has 4 heteroatoms. The lowest BCUT2D eigenvalue weighted by Gasteiger charge is -2.15. The Labute approximate surface area is 94.7 Å². The largest absolute Gasteiger partial charge is 0.478 e. The van der Waals surface area contributed by atoms with Crippen LogP contribution in [0.1, 0.15) is 22.3 Å². The summed E-state index contributed by atoms with van der Waals surface area (Å²) in [5, 5.41) is 15.6. The van der Waals surface area contributed by atoms with Crippen LogP contribution in [0.15, 0.2) is 18.2 Å². The maximum Gasteiger partial charge on any atom is 0.335 e. The molecule has 1 aliphatic rings. The maximum absolute atomic E-state index is 10.8. The zero-order chi connectivity index (χ0) is 11.5. The molecule has 0 saturated carbocycles. The van der Waals surface area contributed by atoms with Gasteiger partial charge in [0, 0.05) is 18.3 Å². The highest BCUT2D eigenvalue weighted by Gasteiger charge is 2.15. The summed E-state index contributed by atoms with van der Waals surface area (Å²) in [6.45, 7) is 3.95. The second kappa shape index (κ2) is 4.53. The van der Waals surface area contributed by atoms with Crippen LogP contribution in [0.3, 0.4) is 0 Å². The molecule has 0 radical (unpaired) electrons. The third kappa shape index (κ3) is 2.33. The van der Waals surface area contributed by atoms with Gasteiger partial charge in [-0.2, -0.15) is 0 Å². The molecule has 3 N–H and O–H groups in total. The van der Waals surface area contributed by atoms with Gasteiger partial charge in [-0.3, -0.25) is 0 Å². The van der Waals surface area contributed by atoms with Gasteiger partial charge in [-0.25, -0.2) is 4.79 Å². The molecule has 0 spiro atoms. The van der Waals surface area contributed by atoms with Crippen LogP contribution in [-0.2, 0) is 0 Å². The lowest BCUT2D eigenvalue weighted by Crippen LogP contribution is -2.22. The first-order chi connectivity index (χ1) is 7.66. The molecule has 1 aliphatic heterocycles. The van der Waals surface area contributed by atoms with Crippen molar-refractivity contribution in [3.05, 3.63) is 29.3 Å². The Morgan fingerprint density at radius 2 is 2.38 bits per heavy atom. The van der Waals surface area contributed by atoms with E-state index in [2.05, 4.69) is 10.6 Å². The molecule has 16 heavy (non-hydrogen) atoms. The van der Waals surface area contributed by atoms with E-state index in [0.717, 1.165) is 30.8 Å². The van der Waals surface area contributed by atoms with Crippen LogP contribution in [0.2, 0.25) is 0 Å².